The summed E-state index contributed by atoms with van der Waals surface area (Å²) in [5, 5.41) is 10.4. The Balaban J connectivity index is 2.46. The molecule has 16 heavy (non-hydrogen) atoms. The van der Waals surface area contributed by atoms with E-state index in [1.165, 1.54) is 11.3 Å². The first-order valence-corrected chi connectivity index (χ1v) is 5.83. The summed E-state index contributed by atoms with van der Waals surface area (Å²) in [4.78, 5) is 1.90. The Kier molecular flexibility index (Phi) is 2.98. The molecular weight excluding hydrogens is 244 g/mol. The molecule has 0 aliphatic carbocycles. The van der Waals surface area contributed by atoms with Crippen molar-refractivity contribution in [1.29, 1.82) is 0 Å². The molecule has 2 rings (SSSR count). The summed E-state index contributed by atoms with van der Waals surface area (Å²) in [5.41, 5.74) is 7.36. The average molecular weight is 255 g/mol. The standard InChI is InChI=1S/C10H11ClN4S/c1-15(2)10-14-13-9(16-10)7-5-6(11)3-4-8(7)12/h3-5H,12H2,1-2H3. The molecule has 0 spiro atoms. The average Bonchev–Trinajstić information content (AvgIpc) is 2.70. The number of nitrogen functional groups attached to an aromatic ring is 1. The van der Waals surface area contributed by atoms with Crippen LogP contribution in [0.2, 0.25) is 5.02 Å². The van der Waals surface area contributed by atoms with Crippen LogP contribution >= 0.6 is 22.9 Å². The molecular formula is C10H11ClN4S. The molecule has 0 saturated heterocycles. The minimum absolute atomic E-state index is 0.644. The van der Waals surface area contributed by atoms with Crippen molar-refractivity contribution in [2.24, 2.45) is 0 Å². The zero-order chi connectivity index (χ0) is 11.7. The number of nitrogens with two attached hydrogens (primary N) is 1. The summed E-state index contributed by atoms with van der Waals surface area (Å²) in [5.74, 6) is 0. The highest BCUT2D eigenvalue weighted by atomic mass is 35.5. The zero-order valence-electron chi connectivity index (χ0n) is 8.94. The van der Waals surface area contributed by atoms with Crippen LogP contribution in [0.4, 0.5) is 10.8 Å². The van der Waals surface area contributed by atoms with Gasteiger partial charge in [0, 0.05) is 30.4 Å². The van der Waals surface area contributed by atoms with Crippen LogP contribution in [-0.4, -0.2) is 24.3 Å². The molecule has 0 atom stereocenters. The number of rotatable bonds is 2. The van der Waals surface area contributed by atoms with Crippen molar-refractivity contribution in [1.82, 2.24) is 10.2 Å². The molecule has 0 aliphatic rings. The Labute approximate surface area is 103 Å². The van der Waals surface area contributed by atoms with Gasteiger partial charge in [0.25, 0.3) is 0 Å². The first kappa shape index (κ1) is 11.2. The van der Waals surface area contributed by atoms with Crippen LogP contribution in [0.5, 0.6) is 0 Å². The highest BCUT2D eigenvalue weighted by Crippen LogP contribution is 2.33. The molecule has 4 nitrogen and oxygen atoms in total. The van der Waals surface area contributed by atoms with Crippen molar-refractivity contribution in [2.45, 2.75) is 0 Å². The van der Waals surface area contributed by atoms with E-state index in [4.69, 9.17) is 17.3 Å². The van der Waals surface area contributed by atoms with E-state index in [0.717, 1.165) is 15.7 Å². The monoisotopic (exact) mass is 254 g/mol. The van der Waals surface area contributed by atoms with Crippen molar-refractivity contribution in [3.05, 3.63) is 23.2 Å². The highest BCUT2D eigenvalue weighted by Gasteiger charge is 2.11. The van der Waals surface area contributed by atoms with Gasteiger partial charge in [0.1, 0.15) is 0 Å². The fourth-order valence-electron chi connectivity index (χ4n) is 1.22. The second-order valence-corrected chi connectivity index (χ2v) is 4.91. The number of hydrogen-bond donors (Lipinski definition) is 1. The molecule has 0 bridgehead atoms. The summed E-state index contributed by atoms with van der Waals surface area (Å²) in [6.45, 7) is 0. The fourth-order valence-corrected chi connectivity index (χ4v) is 2.20. The number of halogens is 1. The molecule has 0 saturated carbocycles. The molecule has 0 unspecified atom stereocenters. The van der Waals surface area contributed by atoms with Crippen molar-refractivity contribution >= 4 is 33.8 Å². The Hall–Kier alpha value is -1.33. The predicted molar refractivity (Wildman–Crippen MR) is 69.1 cm³/mol. The van der Waals surface area contributed by atoms with Crippen LogP contribution in [0.1, 0.15) is 0 Å². The second kappa shape index (κ2) is 4.27. The van der Waals surface area contributed by atoms with Crippen molar-refractivity contribution < 1.29 is 0 Å². The third-order valence-corrected chi connectivity index (χ3v) is 3.40. The molecule has 1 heterocycles. The van der Waals surface area contributed by atoms with E-state index in [-0.39, 0.29) is 0 Å². The van der Waals surface area contributed by atoms with Crippen LogP contribution in [0.3, 0.4) is 0 Å². The molecule has 0 radical (unpaired) electrons. The maximum Gasteiger partial charge on any atom is 0.208 e. The predicted octanol–water partition coefficient (Wildman–Crippen LogP) is 2.51. The van der Waals surface area contributed by atoms with E-state index in [1.807, 2.05) is 19.0 Å². The third kappa shape index (κ3) is 2.10. The minimum Gasteiger partial charge on any atom is -0.398 e. The summed E-state index contributed by atoms with van der Waals surface area (Å²) >= 11 is 7.41. The van der Waals surface area contributed by atoms with Gasteiger partial charge in [-0.15, -0.1) is 10.2 Å². The lowest BCUT2D eigenvalue weighted by molar-refractivity contribution is 1.02. The number of aromatic nitrogens is 2. The van der Waals surface area contributed by atoms with Crippen LogP contribution in [0.25, 0.3) is 10.6 Å². The maximum absolute atomic E-state index is 5.93. The van der Waals surface area contributed by atoms with Crippen molar-refractivity contribution in [2.75, 3.05) is 24.7 Å². The number of hydrogen-bond acceptors (Lipinski definition) is 5. The number of benzene rings is 1. The van der Waals surface area contributed by atoms with Crippen LogP contribution < -0.4 is 10.6 Å². The van der Waals surface area contributed by atoms with Gasteiger partial charge in [-0.2, -0.15) is 0 Å². The minimum atomic E-state index is 0.644. The van der Waals surface area contributed by atoms with Gasteiger partial charge in [0.05, 0.1) is 0 Å². The second-order valence-electron chi connectivity index (χ2n) is 3.52. The lowest BCUT2D eigenvalue weighted by Gasteiger charge is -2.04. The topological polar surface area (TPSA) is 55.0 Å². The maximum atomic E-state index is 5.93. The molecule has 0 aliphatic heterocycles. The molecule has 84 valence electrons. The Morgan fingerprint density at radius 2 is 2.06 bits per heavy atom. The first-order valence-electron chi connectivity index (χ1n) is 4.64. The molecule has 2 aromatic rings. The van der Waals surface area contributed by atoms with Crippen molar-refractivity contribution in [3.63, 3.8) is 0 Å². The summed E-state index contributed by atoms with van der Waals surface area (Å²) in [6, 6.07) is 5.33. The molecule has 0 amide bonds. The van der Waals surface area contributed by atoms with E-state index >= 15 is 0 Å². The first-order chi connectivity index (χ1) is 7.58. The van der Waals surface area contributed by atoms with Crippen LogP contribution in [0.15, 0.2) is 18.2 Å². The SMILES string of the molecule is CN(C)c1nnc(-c2cc(Cl)ccc2N)s1. The van der Waals surface area contributed by atoms with Gasteiger partial charge in [0.2, 0.25) is 5.13 Å². The van der Waals surface area contributed by atoms with E-state index < -0.39 is 0 Å². The molecule has 6 heteroatoms. The molecule has 2 N–H and O–H groups in total. The van der Waals surface area contributed by atoms with E-state index in [9.17, 15) is 0 Å². The third-order valence-electron chi connectivity index (χ3n) is 2.04. The Morgan fingerprint density at radius 1 is 1.31 bits per heavy atom. The van der Waals surface area contributed by atoms with Gasteiger partial charge in [-0.1, -0.05) is 22.9 Å². The molecule has 0 fully saturated rings. The quantitative estimate of drug-likeness (QED) is 0.837. The zero-order valence-corrected chi connectivity index (χ0v) is 10.5. The van der Waals surface area contributed by atoms with Gasteiger partial charge >= 0.3 is 0 Å². The van der Waals surface area contributed by atoms with E-state index in [1.54, 1.807) is 18.2 Å². The summed E-state index contributed by atoms with van der Waals surface area (Å²) < 4.78 is 0. The van der Waals surface area contributed by atoms with Crippen LogP contribution in [-0.2, 0) is 0 Å². The fraction of sp³-hybridized carbons (Fsp3) is 0.200. The van der Waals surface area contributed by atoms with Gasteiger partial charge in [0.15, 0.2) is 5.01 Å². The smallest absolute Gasteiger partial charge is 0.208 e. The lowest BCUT2D eigenvalue weighted by atomic mass is 10.2. The van der Waals surface area contributed by atoms with Crippen molar-refractivity contribution in [3.8, 4) is 10.6 Å². The van der Waals surface area contributed by atoms with E-state index in [0.29, 0.717) is 10.7 Å². The van der Waals surface area contributed by atoms with Gasteiger partial charge in [-0.3, -0.25) is 0 Å². The Bertz CT molecular complexity index is 509. The van der Waals surface area contributed by atoms with Gasteiger partial charge < -0.3 is 10.6 Å². The molecule has 1 aromatic heterocycles. The normalized spacial score (nSPS) is 10.4. The van der Waals surface area contributed by atoms with E-state index in [2.05, 4.69) is 10.2 Å². The number of anilines is 2. The highest BCUT2D eigenvalue weighted by molar-refractivity contribution is 7.18. The molecule has 1 aromatic carbocycles. The van der Waals surface area contributed by atoms with Gasteiger partial charge in [-0.25, -0.2) is 0 Å². The lowest BCUT2D eigenvalue weighted by Crippen LogP contribution is -2.07. The summed E-state index contributed by atoms with van der Waals surface area (Å²) in [7, 11) is 3.84. The largest absolute Gasteiger partial charge is 0.398 e. The number of nitrogens with zero attached hydrogens (tertiary/aromatic N) is 3. The Morgan fingerprint density at radius 3 is 2.69 bits per heavy atom. The van der Waals surface area contributed by atoms with Gasteiger partial charge in [-0.05, 0) is 18.2 Å². The van der Waals surface area contributed by atoms with Crippen LogP contribution in [0, 0.1) is 0 Å². The summed E-state index contributed by atoms with van der Waals surface area (Å²) in [6.07, 6.45) is 0.